The fourth-order valence-corrected chi connectivity index (χ4v) is 2.48. The van der Waals surface area contributed by atoms with Crippen LogP contribution < -0.4 is 5.32 Å². The van der Waals surface area contributed by atoms with Crippen molar-refractivity contribution >= 4 is 38.4 Å². The lowest BCUT2D eigenvalue weighted by atomic mass is 10.2. The molecular formula is C13H14BrN3OS. The van der Waals surface area contributed by atoms with Crippen LogP contribution in [0.2, 0.25) is 0 Å². The molecule has 0 aliphatic rings. The molecule has 0 bridgehead atoms. The second-order valence-electron chi connectivity index (χ2n) is 4.21. The van der Waals surface area contributed by atoms with E-state index in [-0.39, 0.29) is 6.03 Å². The van der Waals surface area contributed by atoms with Gasteiger partial charge in [0.25, 0.3) is 0 Å². The number of aromatic nitrogens is 1. The lowest BCUT2D eigenvalue weighted by Gasteiger charge is -2.17. The van der Waals surface area contributed by atoms with E-state index in [1.807, 2.05) is 36.6 Å². The molecule has 0 unspecified atom stereocenters. The molecule has 0 spiro atoms. The van der Waals surface area contributed by atoms with Crippen molar-refractivity contribution in [2.75, 3.05) is 12.4 Å². The number of anilines is 1. The molecule has 1 aromatic carbocycles. The molecule has 0 radical (unpaired) electrons. The Balaban J connectivity index is 1.94. The van der Waals surface area contributed by atoms with E-state index in [0.717, 1.165) is 15.7 Å². The third-order valence-electron chi connectivity index (χ3n) is 2.51. The minimum Gasteiger partial charge on any atom is -0.323 e. The van der Waals surface area contributed by atoms with Crippen LogP contribution in [-0.2, 0) is 6.54 Å². The highest BCUT2D eigenvalue weighted by molar-refractivity contribution is 9.10. The summed E-state index contributed by atoms with van der Waals surface area (Å²) in [5.74, 6) is 0. The Hall–Kier alpha value is -1.40. The summed E-state index contributed by atoms with van der Waals surface area (Å²) in [6.45, 7) is 2.46. The molecule has 2 rings (SSSR count). The Morgan fingerprint density at radius 3 is 2.68 bits per heavy atom. The van der Waals surface area contributed by atoms with E-state index in [2.05, 4.69) is 26.2 Å². The number of nitrogens with one attached hydrogen (secondary N) is 1. The summed E-state index contributed by atoms with van der Waals surface area (Å²) in [7, 11) is 1.76. The van der Waals surface area contributed by atoms with Crippen molar-refractivity contribution in [3.05, 3.63) is 45.4 Å². The highest BCUT2D eigenvalue weighted by Crippen LogP contribution is 2.16. The zero-order valence-electron chi connectivity index (χ0n) is 10.7. The molecule has 6 heteroatoms. The van der Waals surface area contributed by atoms with Crippen LogP contribution >= 0.6 is 27.3 Å². The second-order valence-corrected chi connectivity index (χ2v) is 5.98. The van der Waals surface area contributed by atoms with Gasteiger partial charge in [-0.15, -0.1) is 11.3 Å². The smallest absolute Gasteiger partial charge is 0.323 e. The van der Waals surface area contributed by atoms with Gasteiger partial charge in [0, 0.05) is 23.4 Å². The van der Waals surface area contributed by atoms with Gasteiger partial charge in [0.05, 0.1) is 5.69 Å². The van der Waals surface area contributed by atoms with Crippen molar-refractivity contribution in [3.63, 3.8) is 0 Å². The van der Waals surface area contributed by atoms with Crippen LogP contribution in [0, 0.1) is 6.92 Å². The largest absolute Gasteiger partial charge is 0.323 e. The van der Waals surface area contributed by atoms with Crippen LogP contribution in [0.15, 0.2) is 34.1 Å². The average molecular weight is 340 g/mol. The molecule has 1 N–H and O–H groups in total. The number of thiazole rings is 1. The van der Waals surface area contributed by atoms with Crippen molar-refractivity contribution in [1.82, 2.24) is 9.88 Å². The van der Waals surface area contributed by atoms with E-state index in [4.69, 9.17) is 0 Å². The number of amides is 2. The van der Waals surface area contributed by atoms with E-state index < -0.39 is 0 Å². The molecule has 4 nitrogen and oxygen atoms in total. The maximum absolute atomic E-state index is 12.0. The van der Waals surface area contributed by atoms with Gasteiger partial charge in [-0.3, -0.25) is 5.32 Å². The average Bonchev–Trinajstić information content (AvgIpc) is 2.77. The second kappa shape index (κ2) is 6.16. The number of carbonyl (C=O) groups is 1. The number of hydrogen-bond acceptors (Lipinski definition) is 3. The van der Waals surface area contributed by atoms with Crippen LogP contribution in [0.1, 0.15) is 11.3 Å². The molecule has 19 heavy (non-hydrogen) atoms. The molecule has 0 saturated carbocycles. The molecule has 0 fully saturated rings. The van der Waals surface area contributed by atoms with Gasteiger partial charge in [-0.05, 0) is 24.6 Å². The van der Waals surface area contributed by atoms with Gasteiger partial charge in [0.15, 0.2) is 5.13 Å². The Kier molecular flexibility index (Phi) is 4.55. The SMILES string of the molecule is Cc1csc(NC(=O)N(C)Cc2ccc(Br)cc2)n1. The van der Waals surface area contributed by atoms with Gasteiger partial charge in [-0.25, -0.2) is 9.78 Å². The van der Waals surface area contributed by atoms with Crippen LogP contribution in [0.3, 0.4) is 0 Å². The van der Waals surface area contributed by atoms with Crippen molar-refractivity contribution in [3.8, 4) is 0 Å². The van der Waals surface area contributed by atoms with Gasteiger partial charge in [0.1, 0.15) is 0 Å². The number of rotatable bonds is 3. The molecule has 0 saturated heterocycles. The van der Waals surface area contributed by atoms with Crippen LogP contribution in [0.4, 0.5) is 9.93 Å². The van der Waals surface area contributed by atoms with Crippen LogP contribution in [0.25, 0.3) is 0 Å². The third-order valence-corrected chi connectivity index (χ3v) is 3.92. The topological polar surface area (TPSA) is 45.2 Å². The van der Waals surface area contributed by atoms with Gasteiger partial charge in [0.2, 0.25) is 0 Å². The van der Waals surface area contributed by atoms with Crippen LogP contribution in [-0.4, -0.2) is 23.0 Å². The van der Waals surface area contributed by atoms with E-state index in [1.54, 1.807) is 11.9 Å². The summed E-state index contributed by atoms with van der Waals surface area (Å²) < 4.78 is 1.03. The monoisotopic (exact) mass is 339 g/mol. The van der Waals surface area contributed by atoms with Crippen molar-refractivity contribution in [2.24, 2.45) is 0 Å². The minimum absolute atomic E-state index is 0.155. The fourth-order valence-electron chi connectivity index (χ4n) is 1.53. The summed E-state index contributed by atoms with van der Waals surface area (Å²) in [6, 6.07) is 7.75. The first-order chi connectivity index (χ1) is 9.04. The zero-order chi connectivity index (χ0) is 13.8. The number of halogens is 1. The summed E-state index contributed by atoms with van der Waals surface area (Å²) in [6.07, 6.45) is 0. The van der Waals surface area contributed by atoms with E-state index >= 15 is 0 Å². The Labute approximate surface area is 124 Å². The molecule has 0 aliphatic carbocycles. The predicted molar refractivity (Wildman–Crippen MR) is 81.5 cm³/mol. The molecule has 0 aliphatic heterocycles. The summed E-state index contributed by atoms with van der Waals surface area (Å²) in [5.41, 5.74) is 1.99. The standard InChI is InChI=1S/C13H14BrN3OS/c1-9-8-19-12(15-9)16-13(18)17(2)7-10-3-5-11(14)6-4-10/h3-6,8H,7H2,1-2H3,(H,15,16,18). The maximum Gasteiger partial charge on any atom is 0.323 e. The molecule has 0 atom stereocenters. The normalized spacial score (nSPS) is 10.3. The number of nitrogens with zero attached hydrogens (tertiary/aromatic N) is 2. The number of benzene rings is 1. The first-order valence-corrected chi connectivity index (χ1v) is 7.40. The zero-order valence-corrected chi connectivity index (χ0v) is 13.1. The highest BCUT2D eigenvalue weighted by Gasteiger charge is 2.11. The summed E-state index contributed by atoms with van der Waals surface area (Å²) >= 11 is 4.82. The van der Waals surface area contributed by atoms with Crippen molar-refractivity contribution < 1.29 is 4.79 Å². The minimum atomic E-state index is -0.155. The maximum atomic E-state index is 12.0. The molecular weight excluding hydrogens is 326 g/mol. The molecule has 100 valence electrons. The molecule has 1 aromatic heterocycles. The summed E-state index contributed by atoms with van der Waals surface area (Å²) in [4.78, 5) is 17.8. The predicted octanol–water partition coefficient (Wildman–Crippen LogP) is 3.88. The van der Waals surface area contributed by atoms with Gasteiger partial charge >= 0.3 is 6.03 Å². The van der Waals surface area contributed by atoms with Gasteiger partial charge in [-0.2, -0.15) is 0 Å². The van der Waals surface area contributed by atoms with Crippen molar-refractivity contribution in [1.29, 1.82) is 0 Å². The lowest BCUT2D eigenvalue weighted by Crippen LogP contribution is -2.30. The Bertz CT molecular complexity index is 568. The number of carbonyl (C=O) groups excluding carboxylic acids is 1. The highest BCUT2D eigenvalue weighted by atomic mass is 79.9. The lowest BCUT2D eigenvalue weighted by molar-refractivity contribution is 0.220. The fraction of sp³-hybridized carbons (Fsp3) is 0.231. The first kappa shape index (κ1) is 14.0. The van der Waals surface area contributed by atoms with Gasteiger partial charge in [-0.1, -0.05) is 28.1 Å². The van der Waals surface area contributed by atoms with E-state index in [0.29, 0.717) is 11.7 Å². The Morgan fingerprint density at radius 2 is 2.11 bits per heavy atom. The third kappa shape index (κ3) is 4.04. The summed E-state index contributed by atoms with van der Waals surface area (Å²) in [5, 5.41) is 5.32. The molecule has 2 amide bonds. The number of hydrogen-bond donors (Lipinski definition) is 1. The van der Waals surface area contributed by atoms with Gasteiger partial charge < -0.3 is 4.90 Å². The molecule has 1 heterocycles. The van der Waals surface area contributed by atoms with Crippen LogP contribution in [0.5, 0.6) is 0 Å². The number of urea groups is 1. The van der Waals surface area contributed by atoms with Crippen molar-refractivity contribution in [2.45, 2.75) is 13.5 Å². The van der Waals surface area contributed by atoms with E-state index in [9.17, 15) is 4.79 Å². The van der Waals surface area contributed by atoms with E-state index in [1.165, 1.54) is 11.3 Å². The Morgan fingerprint density at radius 1 is 1.42 bits per heavy atom. The first-order valence-electron chi connectivity index (χ1n) is 5.73. The molecule has 2 aromatic rings. The quantitative estimate of drug-likeness (QED) is 0.922. The number of aryl methyl sites for hydroxylation is 1.